The molecule has 1 fully saturated rings. The molecule has 0 amide bonds. The highest BCUT2D eigenvalue weighted by Crippen LogP contribution is 2.30. The summed E-state index contributed by atoms with van der Waals surface area (Å²) in [7, 11) is 1.86. The summed E-state index contributed by atoms with van der Waals surface area (Å²) in [4.78, 5) is 24.7. The van der Waals surface area contributed by atoms with Gasteiger partial charge in [-0.25, -0.2) is 14.4 Å². The van der Waals surface area contributed by atoms with Gasteiger partial charge in [0.2, 0.25) is 0 Å². The van der Waals surface area contributed by atoms with Crippen molar-refractivity contribution in [2.24, 2.45) is 7.05 Å². The molecule has 1 aliphatic heterocycles. The van der Waals surface area contributed by atoms with Gasteiger partial charge in [-0.3, -0.25) is 13.9 Å². The van der Waals surface area contributed by atoms with Crippen molar-refractivity contribution in [3.05, 3.63) is 75.3 Å². The zero-order chi connectivity index (χ0) is 24.0. The van der Waals surface area contributed by atoms with E-state index in [2.05, 4.69) is 15.0 Å². The first kappa shape index (κ1) is 22.2. The summed E-state index contributed by atoms with van der Waals surface area (Å²) in [6.45, 7) is 7.14. The molecule has 0 spiro atoms. The van der Waals surface area contributed by atoms with Gasteiger partial charge >= 0.3 is 0 Å². The number of rotatable bonds is 4. The van der Waals surface area contributed by atoms with Gasteiger partial charge in [0, 0.05) is 42.2 Å². The first-order chi connectivity index (χ1) is 16.4. The highest BCUT2D eigenvalue weighted by Gasteiger charge is 2.26. The van der Waals surface area contributed by atoms with Crippen LogP contribution < -0.4 is 10.5 Å². The molecule has 4 heterocycles. The van der Waals surface area contributed by atoms with Crippen LogP contribution in [0, 0.1) is 19.7 Å². The predicted molar refractivity (Wildman–Crippen MR) is 128 cm³/mol. The van der Waals surface area contributed by atoms with Gasteiger partial charge in [-0.15, -0.1) is 0 Å². The van der Waals surface area contributed by atoms with Gasteiger partial charge in [-0.2, -0.15) is 5.10 Å². The molecule has 0 aliphatic carbocycles. The predicted octanol–water partition coefficient (Wildman–Crippen LogP) is 3.39. The number of ether oxygens (including phenoxy) is 1. The monoisotopic (exact) mass is 462 g/mol. The Bertz CT molecular complexity index is 1440. The Kier molecular flexibility index (Phi) is 5.65. The number of aryl methyl sites for hydroxylation is 3. The second-order valence-corrected chi connectivity index (χ2v) is 8.69. The fraction of sp³-hybridized carbons (Fsp3) is 0.360. The van der Waals surface area contributed by atoms with E-state index < -0.39 is 0 Å². The minimum absolute atomic E-state index is 0.182. The normalized spacial score (nSPS) is 16.4. The third kappa shape index (κ3) is 3.86. The van der Waals surface area contributed by atoms with Crippen LogP contribution in [0.5, 0.6) is 0 Å². The zero-order valence-electron chi connectivity index (χ0n) is 19.7. The fourth-order valence-corrected chi connectivity index (χ4v) is 4.29. The van der Waals surface area contributed by atoms with Crippen molar-refractivity contribution in [3.63, 3.8) is 0 Å². The van der Waals surface area contributed by atoms with Crippen LogP contribution in [-0.4, -0.2) is 43.8 Å². The average molecular weight is 463 g/mol. The molecule has 1 saturated heterocycles. The lowest BCUT2D eigenvalue weighted by Gasteiger charge is -2.33. The SMILES string of the molecule is CCc1ccc(-c2nc(N3CCO[C@@H](c4cnn(C)c4)C3)cn3c(=O)c(C)c(C)nc23)c(F)c1. The highest BCUT2D eigenvalue weighted by atomic mass is 19.1. The number of morpholine rings is 1. The maximum Gasteiger partial charge on any atom is 0.261 e. The zero-order valence-corrected chi connectivity index (χ0v) is 19.7. The molecule has 3 aromatic heterocycles. The van der Waals surface area contributed by atoms with E-state index in [9.17, 15) is 4.79 Å². The molecule has 0 unspecified atom stereocenters. The Labute approximate surface area is 196 Å². The van der Waals surface area contributed by atoms with E-state index in [0.717, 1.165) is 17.5 Å². The van der Waals surface area contributed by atoms with Gasteiger partial charge in [-0.05, 0) is 38.0 Å². The summed E-state index contributed by atoms with van der Waals surface area (Å²) in [5.74, 6) is 0.194. The summed E-state index contributed by atoms with van der Waals surface area (Å²) in [6, 6.07) is 5.13. The molecular formula is C25H27FN6O2. The van der Waals surface area contributed by atoms with Crippen LogP contribution >= 0.6 is 0 Å². The Morgan fingerprint density at radius 3 is 2.74 bits per heavy atom. The van der Waals surface area contributed by atoms with Crippen LogP contribution in [0.25, 0.3) is 16.9 Å². The van der Waals surface area contributed by atoms with Crippen molar-refractivity contribution < 1.29 is 9.13 Å². The van der Waals surface area contributed by atoms with Gasteiger partial charge in [-0.1, -0.05) is 13.0 Å². The first-order valence-corrected chi connectivity index (χ1v) is 11.4. The molecule has 8 nitrogen and oxygen atoms in total. The summed E-state index contributed by atoms with van der Waals surface area (Å²) >= 11 is 0. The molecule has 1 atom stereocenters. The molecule has 0 saturated carbocycles. The van der Waals surface area contributed by atoms with Gasteiger partial charge in [0.05, 0.1) is 25.5 Å². The molecule has 176 valence electrons. The third-order valence-corrected chi connectivity index (χ3v) is 6.45. The van der Waals surface area contributed by atoms with Crippen LogP contribution in [-0.2, 0) is 18.2 Å². The van der Waals surface area contributed by atoms with E-state index in [1.165, 1.54) is 10.5 Å². The summed E-state index contributed by atoms with van der Waals surface area (Å²) in [6.07, 6.45) is 5.96. The molecule has 1 aromatic carbocycles. The second-order valence-electron chi connectivity index (χ2n) is 8.69. The Morgan fingerprint density at radius 2 is 2.03 bits per heavy atom. The van der Waals surface area contributed by atoms with E-state index in [4.69, 9.17) is 9.72 Å². The molecule has 0 radical (unpaired) electrons. The van der Waals surface area contributed by atoms with Crippen LogP contribution in [0.3, 0.4) is 0 Å². The summed E-state index contributed by atoms with van der Waals surface area (Å²) in [5, 5.41) is 4.24. The molecule has 0 bridgehead atoms. The number of halogens is 1. The molecular weight excluding hydrogens is 435 g/mol. The Hall–Kier alpha value is -3.59. The summed E-state index contributed by atoms with van der Waals surface area (Å²) in [5.41, 5.74) is 3.86. The number of hydrogen-bond acceptors (Lipinski definition) is 6. The van der Waals surface area contributed by atoms with Crippen LogP contribution in [0.2, 0.25) is 0 Å². The molecule has 0 N–H and O–H groups in total. The first-order valence-electron chi connectivity index (χ1n) is 11.4. The van der Waals surface area contributed by atoms with Crippen LogP contribution in [0.15, 0.2) is 41.6 Å². The number of anilines is 1. The van der Waals surface area contributed by atoms with Crippen molar-refractivity contribution in [2.75, 3.05) is 24.6 Å². The van der Waals surface area contributed by atoms with E-state index in [-0.39, 0.29) is 17.5 Å². The minimum Gasteiger partial charge on any atom is -0.370 e. The van der Waals surface area contributed by atoms with Crippen LogP contribution in [0.1, 0.15) is 35.4 Å². The molecule has 4 aromatic rings. The maximum atomic E-state index is 15.2. The van der Waals surface area contributed by atoms with E-state index in [0.29, 0.717) is 53.7 Å². The average Bonchev–Trinajstić information content (AvgIpc) is 3.28. The highest BCUT2D eigenvalue weighted by molar-refractivity contribution is 5.76. The number of hydrogen-bond donors (Lipinski definition) is 0. The number of nitrogens with zero attached hydrogens (tertiary/aromatic N) is 6. The summed E-state index contributed by atoms with van der Waals surface area (Å²) < 4.78 is 24.4. The third-order valence-electron chi connectivity index (χ3n) is 6.45. The van der Waals surface area contributed by atoms with Gasteiger partial charge < -0.3 is 9.64 Å². The van der Waals surface area contributed by atoms with Gasteiger partial charge in [0.1, 0.15) is 23.4 Å². The smallest absolute Gasteiger partial charge is 0.261 e. The van der Waals surface area contributed by atoms with E-state index in [1.54, 1.807) is 37.0 Å². The van der Waals surface area contributed by atoms with Crippen molar-refractivity contribution >= 4 is 11.5 Å². The van der Waals surface area contributed by atoms with Gasteiger partial charge in [0.15, 0.2) is 5.65 Å². The topological polar surface area (TPSA) is 77.5 Å². The quantitative estimate of drug-likeness (QED) is 0.463. The molecule has 9 heteroatoms. The number of fused-ring (bicyclic) bond motifs is 1. The van der Waals surface area contributed by atoms with Crippen molar-refractivity contribution in [1.29, 1.82) is 0 Å². The minimum atomic E-state index is -0.381. The van der Waals surface area contributed by atoms with Crippen molar-refractivity contribution in [2.45, 2.75) is 33.3 Å². The maximum absolute atomic E-state index is 15.2. The Balaban J connectivity index is 1.67. The van der Waals surface area contributed by atoms with Crippen LogP contribution in [0.4, 0.5) is 10.2 Å². The van der Waals surface area contributed by atoms with Gasteiger partial charge in [0.25, 0.3) is 5.56 Å². The molecule has 5 rings (SSSR count). The molecule has 34 heavy (non-hydrogen) atoms. The molecule has 1 aliphatic rings. The number of benzene rings is 1. The largest absolute Gasteiger partial charge is 0.370 e. The van der Waals surface area contributed by atoms with E-state index >= 15 is 4.39 Å². The lowest BCUT2D eigenvalue weighted by Crippen LogP contribution is -2.39. The standard InChI is InChI=1S/C25H27FN6O2/c1-5-17-6-7-19(20(26)10-17)23-24-28-16(3)15(2)25(33)32(24)14-22(29-23)31-8-9-34-21(13-31)18-11-27-30(4)12-18/h6-7,10-12,14,21H,5,8-9,13H2,1-4H3/t21-/m1/s1. The lowest BCUT2D eigenvalue weighted by molar-refractivity contribution is 0.0394. The fourth-order valence-electron chi connectivity index (χ4n) is 4.29. The van der Waals surface area contributed by atoms with Crippen molar-refractivity contribution in [3.8, 4) is 11.3 Å². The van der Waals surface area contributed by atoms with E-state index in [1.807, 2.05) is 26.2 Å². The van der Waals surface area contributed by atoms with Crippen molar-refractivity contribution in [1.82, 2.24) is 24.1 Å². The lowest BCUT2D eigenvalue weighted by atomic mass is 10.1. The second kappa shape index (κ2) is 8.64. The Morgan fingerprint density at radius 1 is 1.21 bits per heavy atom. The number of aromatic nitrogens is 5.